The van der Waals surface area contributed by atoms with Crippen LogP contribution in [0.25, 0.3) is 0 Å². The molecule has 1 saturated carbocycles. The summed E-state index contributed by atoms with van der Waals surface area (Å²) in [5.41, 5.74) is -0.340. The first kappa shape index (κ1) is 17.4. The molecule has 4 nitrogen and oxygen atoms in total. The number of rotatable bonds is 6. The van der Waals surface area contributed by atoms with Crippen molar-refractivity contribution in [2.24, 2.45) is 0 Å². The number of carbonyl (C=O) groups excluding carboxylic acids is 1. The van der Waals surface area contributed by atoms with Crippen LogP contribution >= 0.6 is 0 Å². The lowest BCUT2D eigenvalue weighted by atomic mass is 9.77. The van der Waals surface area contributed by atoms with Crippen LogP contribution in [0, 0.1) is 0 Å². The van der Waals surface area contributed by atoms with E-state index in [-0.39, 0.29) is 11.5 Å². The van der Waals surface area contributed by atoms with Gasteiger partial charge >= 0.3 is 5.97 Å². The van der Waals surface area contributed by atoms with Crippen molar-refractivity contribution in [1.29, 1.82) is 0 Å². The summed E-state index contributed by atoms with van der Waals surface area (Å²) in [7, 11) is 4.06. The summed E-state index contributed by atoms with van der Waals surface area (Å²) in [6, 6.07) is 0.426. The molecule has 1 rings (SSSR count). The molecule has 0 aromatic carbocycles. The SMILES string of the molecule is CCOC(=O)C1(NC)CCCC(N(C)C(C)(C)CC)C1. The normalized spacial score (nSPS) is 27.6. The van der Waals surface area contributed by atoms with Gasteiger partial charge in [0.25, 0.3) is 0 Å². The van der Waals surface area contributed by atoms with Gasteiger partial charge in [0.05, 0.1) is 6.61 Å². The molecule has 2 unspecified atom stereocenters. The zero-order valence-electron chi connectivity index (χ0n) is 14.1. The molecule has 0 amide bonds. The van der Waals surface area contributed by atoms with Crippen molar-refractivity contribution >= 4 is 5.97 Å². The Morgan fingerprint density at radius 1 is 1.45 bits per heavy atom. The third-order valence-electron chi connectivity index (χ3n) is 5.24. The van der Waals surface area contributed by atoms with E-state index in [9.17, 15) is 4.79 Å². The van der Waals surface area contributed by atoms with E-state index in [2.05, 4.69) is 38.0 Å². The summed E-state index contributed by atoms with van der Waals surface area (Å²) in [6.45, 7) is 9.08. The molecule has 1 aliphatic carbocycles. The molecule has 0 saturated heterocycles. The summed E-state index contributed by atoms with van der Waals surface area (Å²) in [5, 5.41) is 3.26. The third kappa shape index (κ3) is 3.53. The molecule has 118 valence electrons. The van der Waals surface area contributed by atoms with E-state index in [1.807, 2.05) is 14.0 Å². The van der Waals surface area contributed by atoms with Crippen molar-refractivity contribution in [2.75, 3.05) is 20.7 Å². The molecule has 0 aromatic heterocycles. The largest absolute Gasteiger partial charge is 0.465 e. The minimum absolute atomic E-state index is 0.0881. The van der Waals surface area contributed by atoms with Crippen LogP contribution in [0.4, 0.5) is 0 Å². The van der Waals surface area contributed by atoms with Gasteiger partial charge in [-0.3, -0.25) is 9.69 Å². The number of nitrogens with one attached hydrogen (secondary N) is 1. The lowest BCUT2D eigenvalue weighted by Crippen LogP contribution is -2.59. The van der Waals surface area contributed by atoms with Crippen LogP contribution in [0.15, 0.2) is 0 Å². The van der Waals surface area contributed by atoms with Gasteiger partial charge < -0.3 is 10.1 Å². The third-order valence-corrected chi connectivity index (χ3v) is 5.24. The first-order valence-electron chi connectivity index (χ1n) is 7.92. The quantitative estimate of drug-likeness (QED) is 0.761. The average Bonchev–Trinajstić information content (AvgIpc) is 2.46. The number of hydrogen-bond donors (Lipinski definition) is 1. The molecular formula is C16H32N2O2. The van der Waals surface area contributed by atoms with Crippen LogP contribution < -0.4 is 5.32 Å². The Kier molecular flexibility index (Phi) is 6.02. The number of hydrogen-bond acceptors (Lipinski definition) is 4. The zero-order valence-corrected chi connectivity index (χ0v) is 14.1. The maximum absolute atomic E-state index is 12.3. The summed E-state index contributed by atoms with van der Waals surface area (Å²) >= 11 is 0. The van der Waals surface area contributed by atoms with Crippen LogP contribution in [0.1, 0.15) is 59.8 Å². The van der Waals surface area contributed by atoms with E-state index >= 15 is 0 Å². The van der Waals surface area contributed by atoms with E-state index in [1.54, 1.807) is 0 Å². The van der Waals surface area contributed by atoms with Crippen LogP contribution in [0.5, 0.6) is 0 Å². The molecule has 1 fully saturated rings. The maximum Gasteiger partial charge on any atom is 0.326 e. The Hall–Kier alpha value is -0.610. The van der Waals surface area contributed by atoms with Crippen LogP contribution in [-0.4, -0.2) is 48.7 Å². The Labute approximate surface area is 124 Å². The van der Waals surface area contributed by atoms with E-state index in [0.29, 0.717) is 12.6 Å². The maximum atomic E-state index is 12.3. The summed E-state index contributed by atoms with van der Waals surface area (Å²) in [4.78, 5) is 14.8. The van der Waals surface area contributed by atoms with Crippen molar-refractivity contribution in [3.63, 3.8) is 0 Å². The highest BCUT2D eigenvalue weighted by atomic mass is 16.5. The lowest BCUT2D eigenvalue weighted by molar-refractivity contribution is -0.154. The monoisotopic (exact) mass is 284 g/mol. The molecule has 0 heterocycles. The minimum Gasteiger partial charge on any atom is -0.465 e. The highest BCUT2D eigenvalue weighted by molar-refractivity contribution is 5.81. The van der Waals surface area contributed by atoms with Gasteiger partial charge in [-0.1, -0.05) is 6.92 Å². The minimum atomic E-state index is -0.503. The van der Waals surface area contributed by atoms with Gasteiger partial charge in [-0.15, -0.1) is 0 Å². The van der Waals surface area contributed by atoms with Crippen molar-refractivity contribution < 1.29 is 9.53 Å². The van der Waals surface area contributed by atoms with Gasteiger partial charge in [-0.25, -0.2) is 0 Å². The Balaban J connectivity index is 2.86. The van der Waals surface area contributed by atoms with Crippen LogP contribution in [0.3, 0.4) is 0 Å². The van der Waals surface area contributed by atoms with E-state index in [1.165, 1.54) is 0 Å². The Morgan fingerprint density at radius 2 is 2.10 bits per heavy atom. The van der Waals surface area contributed by atoms with E-state index in [4.69, 9.17) is 4.74 Å². The fourth-order valence-corrected chi connectivity index (χ4v) is 3.10. The van der Waals surface area contributed by atoms with Gasteiger partial charge in [0.15, 0.2) is 0 Å². The molecule has 0 aliphatic heterocycles. The predicted octanol–water partition coefficient (Wildman–Crippen LogP) is 2.57. The van der Waals surface area contributed by atoms with Gasteiger partial charge in [-0.05, 0) is 67.0 Å². The molecule has 0 spiro atoms. The van der Waals surface area contributed by atoms with Gasteiger partial charge in [0.2, 0.25) is 0 Å². The lowest BCUT2D eigenvalue weighted by Gasteiger charge is -2.47. The highest BCUT2D eigenvalue weighted by Crippen LogP contribution is 2.34. The summed E-state index contributed by atoms with van der Waals surface area (Å²) in [5.74, 6) is -0.0881. The molecule has 20 heavy (non-hydrogen) atoms. The van der Waals surface area contributed by atoms with Crippen molar-refractivity contribution in [3.8, 4) is 0 Å². The molecule has 2 atom stereocenters. The van der Waals surface area contributed by atoms with Crippen molar-refractivity contribution in [3.05, 3.63) is 0 Å². The number of carbonyl (C=O) groups is 1. The standard InChI is InChI=1S/C16H32N2O2/c1-7-15(3,4)18(6)13-10-9-11-16(12-13,17-5)14(19)20-8-2/h13,17H,7-12H2,1-6H3. The number of nitrogens with zero attached hydrogens (tertiary/aromatic N) is 1. The summed E-state index contributed by atoms with van der Waals surface area (Å²) < 4.78 is 5.30. The van der Waals surface area contributed by atoms with Crippen LogP contribution in [-0.2, 0) is 9.53 Å². The topological polar surface area (TPSA) is 41.6 Å². The summed E-state index contributed by atoms with van der Waals surface area (Å²) in [6.07, 6.45) is 5.03. The smallest absolute Gasteiger partial charge is 0.326 e. The predicted molar refractivity (Wildman–Crippen MR) is 82.8 cm³/mol. The molecule has 0 aromatic rings. The van der Waals surface area contributed by atoms with Gasteiger partial charge in [-0.2, -0.15) is 0 Å². The first-order chi connectivity index (χ1) is 9.33. The van der Waals surface area contributed by atoms with Crippen molar-refractivity contribution in [1.82, 2.24) is 10.2 Å². The molecule has 1 N–H and O–H groups in total. The second kappa shape index (κ2) is 6.90. The molecule has 1 aliphatic rings. The van der Waals surface area contributed by atoms with E-state index in [0.717, 1.165) is 32.1 Å². The molecule has 4 heteroatoms. The van der Waals surface area contributed by atoms with Crippen LogP contribution in [0.2, 0.25) is 0 Å². The number of esters is 1. The van der Waals surface area contributed by atoms with E-state index < -0.39 is 5.54 Å². The van der Waals surface area contributed by atoms with Gasteiger partial charge in [0.1, 0.15) is 5.54 Å². The molecule has 0 radical (unpaired) electrons. The Bertz CT molecular complexity index is 330. The fourth-order valence-electron chi connectivity index (χ4n) is 3.10. The highest BCUT2D eigenvalue weighted by Gasteiger charge is 2.45. The van der Waals surface area contributed by atoms with Gasteiger partial charge in [0, 0.05) is 11.6 Å². The average molecular weight is 284 g/mol. The van der Waals surface area contributed by atoms with Crippen molar-refractivity contribution in [2.45, 2.75) is 76.9 Å². The fraction of sp³-hybridized carbons (Fsp3) is 0.938. The molecule has 0 bridgehead atoms. The second-order valence-corrected chi connectivity index (χ2v) is 6.58. The number of likely N-dealkylation sites (N-methyl/N-ethyl adjacent to an activating group) is 1. The number of ether oxygens (including phenoxy) is 1. The second-order valence-electron chi connectivity index (χ2n) is 6.58. The first-order valence-corrected chi connectivity index (χ1v) is 7.92. The molecular weight excluding hydrogens is 252 g/mol. The Morgan fingerprint density at radius 3 is 2.60 bits per heavy atom. The zero-order chi connectivity index (χ0) is 15.4.